The summed E-state index contributed by atoms with van der Waals surface area (Å²) in [6, 6.07) is 0. The summed E-state index contributed by atoms with van der Waals surface area (Å²) in [5.74, 6) is -5.77. The molecule has 1 amide bonds. The van der Waals surface area contributed by atoms with Gasteiger partial charge in [-0.25, -0.2) is 4.72 Å². The summed E-state index contributed by atoms with van der Waals surface area (Å²) in [4.78, 5) is 23.5. The fraction of sp³-hybridized carbons (Fsp3) is 0.800. The van der Waals surface area contributed by atoms with Gasteiger partial charge in [0.2, 0.25) is 5.91 Å². The van der Waals surface area contributed by atoms with E-state index >= 15 is 0 Å². The molecule has 0 aromatic rings. The molecule has 2 bridgehead atoms. The number of rotatable bonds is 2. The third-order valence-electron chi connectivity index (χ3n) is 4.42. The van der Waals surface area contributed by atoms with E-state index in [1.165, 1.54) is 0 Å². The van der Waals surface area contributed by atoms with Gasteiger partial charge in [-0.05, 0) is 6.42 Å². The molecule has 21 heavy (non-hydrogen) atoms. The molecule has 0 aromatic carbocycles. The predicted octanol–water partition coefficient (Wildman–Crippen LogP) is -0.879. The first kappa shape index (κ1) is 14.6. The molecule has 1 aliphatic heterocycles. The Kier molecular flexibility index (Phi) is 2.84. The maximum Gasteiger partial charge on any atom is 0.516 e. The number of hydrogen-bond donors (Lipinski definition) is 2. The number of sulfonamides is 1. The van der Waals surface area contributed by atoms with Crippen molar-refractivity contribution in [3.63, 3.8) is 0 Å². The molecule has 11 heteroatoms. The van der Waals surface area contributed by atoms with Gasteiger partial charge in [-0.3, -0.25) is 9.59 Å². The van der Waals surface area contributed by atoms with Crippen molar-refractivity contribution in [2.75, 3.05) is 0 Å². The van der Waals surface area contributed by atoms with Crippen LogP contribution in [-0.2, 0) is 24.3 Å². The molecule has 2 saturated carbocycles. The minimum absolute atomic E-state index is 0.242. The number of nitrogens with one attached hydrogen (secondary N) is 1. The summed E-state index contributed by atoms with van der Waals surface area (Å²) < 4.78 is 64.5. The van der Waals surface area contributed by atoms with Crippen LogP contribution in [0.3, 0.4) is 0 Å². The average molecular weight is 329 g/mol. The highest BCUT2D eigenvalue weighted by molar-refractivity contribution is 7.90. The fourth-order valence-electron chi connectivity index (χ4n) is 3.63. The van der Waals surface area contributed by atoms with Crippen LogP contribution in [0.4, 0.5) is 13.2 Å². The van der Waals surface area contributed by atoms with Crippen molar-refractivity contribution in [3.05, 3.63) is 0 Å². The van der Waals surface area contributed by atoms with Crippen LogP contribution in [0.25, 0.3) is 0 Å². The Morgan fingerprint density at radius 1 is 1.33 bits per heavy atom. The quantitative estimate of drug-likeness (QED) is 0.637. The van der Waals surface area contributed by atoms with Gasteiger partial charge in [-0.2, -0.15) is 21.6 Å². The van der Waals surface area contributed by atoms with Gasteiger partial charge >= 0.3 is 21.5 Å². The van der Waals surface area contributed by atoms with E-state index in [9.17, 15) is 36.3 Å². The molecule has 3 rings (SSSR count). The maximum atomic E-state index is 12.3. The second-order valence-electron chi connectivity index (χ2n) is 5.42. The second-order valence-corrected chi connectivity index (χ2v) is 7.10. The molecule has 1 heterocycles. The third kappa shape index (κ3) is 1.86. The standard InChI is InChI=1S/C10H10F3NO6S/c11-10(12,13)21(18,19)14-8(16)4-2-1-3-5(4)9(17)20-7(3)6(2)15/h2-7,15H,1H2,(H,14,16). The molecule has 0 spiro atoms. The molecule has 0 radical (unpaired) electrons. The zero-order valence-corrected chi connectivity index (χ0v) is 11.0. The van der Waals surface area contributed by atoms with Crippen molar-refractivity contribution in [3.8, 4) is 0 Å². The van der Waals surface area contributed by atoms with E-state index in [2.05, 4.69) is 0 Å². The number of hydrogen-bond acceptors (Lipinski definition) is 6. The van der Waals surface area contributed by atoms with Crippen molar-refractivity contribution < 1.29 is 41.0 Å². The van der Waals surface area contributed by atoms with Gasteiger partial charge in [-0.1, -0.05) is 0 Å². The van der Waals surface area contributed by atoms with Crippen molar-refractivity contribution in [1.82, 2.24) is 4.72 Å². The highest BCUT2D eigenvalue weighted by Gasteiger charge is 2.68. The highest BCUT2D eigenvalue weighted by atomic mass is 32.2. The number of carbonyl (C=O) groups excluding carboxylic acids is 2. The number of esters is 1. The van der Waals surface area contributed by atoms with Crippen LogP contribution in [-0.4, -0.2) is 43.1 Å². The number of fused-ring (bicyclic) bond motifs is 1. The SMILES string of the molecule is O=C(NS(=O)(=O)C(F)(F)F)C1C2CC3C(OC(=O)C31)C2O. The van der Waals surface area contributed by atoms with Crippen molar-refractivity contribution in [2.24, 2.45) is 23.7 Å². The minimum Gasteiger partial charge on any atom is -0.459 e. The van der Waals surface area contributed by atoms with E-state index in [0.29, 0.717) is 0 Å². The number of ether oxygens (including phenoxy) is 1. The molecule has 6 atom stereocenters. The molecular weight excluding hydrogens is 319 g/mol. The molecule has 3 aliphatic rings. The number of halogens is 3. The van der Waals surface area contributed by atoms with Crippen LogP contribution in [0, 0.1) is 23.7 Å². The van der Waals surface area contributed by atoms with Crippen molar-refractivity contribution in [1.29, 1.82) is 0 Å². The van der Waals surface area contributed by atoms with Crippen LogP contribution in [0.15, 0.2) is 0 Å². The third-order valence-corrected chi connectivity index (χ3v) is 5.50. The van der Waals surface area contributed by atoms with E-state index in [1.807, 2.05) is 0 Å². The first-order valence-electron chi connectivity index (χ1n) is 6.06. The monoisotopic (exact) mass is 329 g/mol. The summed E-state index contributed by atoms with van der Waals surface area (Å²) >= 11 is 0. The summed E-state index contributed by atoms with van der Waals surface area (Å²) in [6.07, 6.45) is -1.68. The lowest BCUT2D eigenvalue weighted by Crippen LogP contribution is -2.49. The van der Waals surface area contributed by atoms with Crippen molar-refractivity contribution >= 4 is 21.9 Å². The molecule has 7 nitrogen and oxygen atoms in total. The van der Waals surface area contributed by atoms with E-state index in [0.717, 1.165) is 4.72 Å². The average Bonchev–Trinajstić information content (AvgIpc) is 2.90. The van der Waals surface area contributed by atoms with E-state index in [-0.39, 0.29) is 6.42 Å². The molecule has 1 saturated heterocycles. The van der Waals surface area contributed by atoms with E-state index < -0.39 is 63.3 Å². The Bertz CT molecular complexity index is 617. The smallest absolute Gasteiger partial charge is 0.459 e. The normalized spacial score (nSPS) is 41.2. The van der Waals surface area contributed by atoms with Gasteiger partial charge in [0, 0.05) is 11.8 Å². The lowest BCUT2D eigenvalue weighted by Gasteiger charge is -2.27. The lowest BCUT2D eigenvalue weighted by atomic mass is 9.78. The van der Waals surface area contributed by atoms with Gasteiger partial charge in [0.1, 0.15) is 6.10 Å². The summed E-state index contributed by atoms with van der Waals surface area (Å²) in [6.45, 7) is 0. The van der Waals surface area contributed by atoms with Crippen LogP contribution in [0.2, 0.25) is 0 Å². The van der Waals surface area contributed by atoms with Crippen molar-refractivity contribution in [2.45, 2.75) is 24.1 Å². The zero-order valence-electron chi connectivity index (χ0n) is 10.2. The largest absolute Gasteiger partial charge is 0.516 e. The Morgan fingerprint density at radius 3 is 2.52 bits per heavy atom. The molecule has 2 aliphatic carbocycles. The first-order chi connectivity index (χ1) is 9.54. The van der Waals surface area contributed by atoms with Crippen LogP contribution >= 0.6 is 0 Å². The Morgan fingerprint density at radius 2 is 1.95 bits per heavy atom. The molecule has 3 fully saturated rings. The topological polar surface area (TPSA) is 110 Å². The summed E-state index contributed by atoms with van der Waals surface area (Å²) in [7, 11) is -5.84. The van der Waals surface area contributed by atoms with E-state index in [4.69, 9.17) is 4.74 Å². The van der Waals surface area contributed by atoms with Gasteiger partial charge < -0.3 is 9.84 Å². The molecular formula is C10H10F3NO6S. The van der Waals surface area contributed by atoms with Gasteiger partial charge in [-0.15, -0.1) is 0 Å². The number of aliphatic hydroxyl groups excluding tert-OH is 1. The Balaban J connectivity index is 1.85. The van der Waals surface area contributed by atoms with Gasteiger partial charge in [0.15, 0.2) is 0 Å². The molecule has 118 valence electrons. The number of alkyl halides is 3. The maximum absolute atomic E-state index is 12.3. The molecule has 2 N–H and O–H groups in total. The highest BCUT2D eigenvalue weighted by Crippen LogP contribution is 2.57. The number of aliphatic hydroxyl groups is 1. The Labute approximate surface area is 116 Å². The van der Waals surface area contributed by atoms with Gasteiger partial charge in [0.25, 0.3) is 0 Å². The predicted molar refractivity (Wildman–Crippen MR) is 57.6 cm³/mol. The van der Waals surface area contributed by atoms with Crippen LogP contribution < -0.4 is 4.72 Å². The number of amides is 1. The molecule has 0 aromatic heterocycles. The van der Waals surface area contributed by atoms with Gasteiger partial charge in [0.05, 0.1) is 17.9 Å². The molecule has 6 unspecified atom stereocenters. The minimum atomic E-state index is -5.84. The zero-order chi connectivity index (χ0) is 15.7. The first-order valence-corrected chi connectivity index (χ1v) is 7.54. The number of carbonyl (C=O) groups is 2. The van der Waals surface area contributed by atoms with Crippen LogP contribution in [0.5, 0.6) is 0 Å². The lowest BCUT2D eigenvalue weighted by molar-refractivity contribution is -0.146. The summed E-state index contributed by atoms with van der Waals surface area (Å²) in [5, 5.41) is 9.87. The Hall–Kier alpha value is -1.36. The fourth-order valence-corrected chi connectivity index (χ4v) is 4.15. The van der Waals surface area contributed by atoms with E-state index in [1.54, 1.807) is 0 Å². The summed E-state index contributed by atoms with van der Waals surface area (Å²) in [5.41, 5.74) is -5.63. The second kappa shape index (κ2) is 4.09. The van der Waals surface area contributed by atoms with Crippen LogP contribution in [0.1, 0.15) is 6.42 Å².